The molecule has 0 amide bonds. The van der Waals surface area contributed by atoms with E-state index in [0.29, 0.717) is 30.6 Å². The first-order valence-electron chi connectivity index (χ1n) is 7.33. The maximum Gasteiger partial charge on any atom is 0.310 e. The van der Waals surface area contributed by atoms with Crippen LogP contribution in [0.3, 0.4) is 0 Å². The first-order valence-corrected chi connectivity index (χ1v) is 7.33. The summed E-state index contributed by atoms with van der Waals surface area (Å²) in [5.74, 6) is 2.71. The van der Waals surface area contributed by atoms with Gasteiger partial charge in [-0.1, -0.05) is 0 Å². The fraction of sp³-hybridized carbons (Fsp3) is 0.867. The highest BCUT2D eigenvalue weighted by Gasteiger charge is 2.63. The Hall–Kier alpha value is -0.860. The lowest BCUT2D eigenvalue weighted by Gasteiger charge is -2.60. The predicted octanol–water partition coefficient (Wildman–Crippen LogP) is 2.49. The summed E-state index contributed by atoms with van der Waals surface area (Å²) < 4.78 is 0. The molecule has 0 aliphatic heterocycles. The normalized spacial score (nSPS) is 48.0. The molecule has 0 aromatic heterocycles. The fourth-order valence-electron chi connectivity index (χ4n) is 6.01. The molecule has 0 unspecified atom stereocenters. The lowest BCUT2D eigenvalue weighted by atomic mass is 9.43. The Morgan fingerprint density at radius 2 is 1.50 bits per heavy atom. The fourth-order valence-corrected chi connectivity index (χ4v) is 6.01. The van der Waals surface area contributed by atoms with Crippen molar-refractivity contribution in [3.8, 4) is 0 Å². The minimum Gasteiger partial charge on any atom is -0.481 e. The third-order valence-electron chi connectivity index (χ3n) is 6.32. The molecule has 3 nitrogen and oxygen atoms in total. The number of ketones is 1. The Kier molecular flexibility index (Phi) is 2.06. The van der Waals surface area contributed by atoms with Crippen molar-refractivity contribution in [1.29, 1.82) is 0 Å². The molecule has 5 saturated carbocycles. The highest BCUT2D eigenvalue weighted by molar-refractivity contribution is 5.97. The third kappa shape index (κ3) is 1.25. The molecule has 0 spiro atoms. The van der Waals surface area contributed by atoms with E-state index >= 15 is 0 Å². The number of carbonyl (C=O) groups excluding carboxylic acids is 1. The van der Waals surface area contributed by atoms with E-state index in [4.69, 9.17) is 0 Å². The zero-order valence-electron chi connectivity index (χ0n) is 10.6. The van der Waals surface area contributed by atoms with E-state index in [1.54, 1.807) is 0 Å². The summed E-state index contributed by atoms with van der Waals surface area (Å²) in [5, 5.41) is 9.63. The van der Waals surface area contributed by atoms with Crippen molar-refractivity contribution in [1.82, 2.24) is 0 Å². The van der Waals surface area contributed by atoms with Crippen LogP contribution in [0.2, 0.25) is 0 Å². The second-order valence-electron chi connectivity index (χ2n) is 7.31. The summed E-state index contributed by atoms with van der Waals surface area (Å²) >= 11 is 0. The Morgan fingerprint density at radius 3 is 1.89 bits per heavy atom. The standard InChI is InChI=1S/C15H20O3/c16-12-6-15(7-12,14(17)18)13-10-2-8-1-9(4-10)5-11(13)3-8/h8-11,13H,1-7H2,(H,17,18). The van der Waals surface area contributed by atoms with Crippen LogP contribution in [0.25, 0.3) is 0 Å². The number of Topliss-reactive ketones (excluding diaryl/α,β-unsaturated/α-hetero) is 1. The molecule has 5 rings (SSSR count). The molecule has 5 aliphatic rings. The number of carboxylic acid groups (broad SMARTS) is 1. The van der Waals surface area contributed by atoms with Crippen LogP contribution in [-0.2, 0) is 9.59 Å². The van der Waals surface area contributed by atoms with Crippen LogP contribution in [-0.4, -0.2) is 16.9 Å². The molecule has 0 aromatic carbocycles. The molecule has 0 aromatic rings. The van der Waals surface area contributed by atoms with E-state index in [1.165, 1.54) is 32.1 Å². The van der Waals surface area contributed by atoms with Crippen LogP contribution in [0.1, 0.15) is 44.9 Å². The van der Waals surface area contributed by atoms with Crippen LogP contribution in [0.15, 0.2) is 0 Å². The number of hydrogen-bond donors (Lipinski definition) is 1. The first-order chi connectivity index (χ1) is 8.58. The zero-order chi connectivity index (χ0) is 12.5. The molecule has 0 saturated heterocycles. The van der Waals surface area contributed by atoms with Crippen molar-refractivity contribution < 1.29 is 14.7 Å². The van der Waals surface area contributed by atoms with Crippen molar-refractivity contribution in [3.05, 3.63) is 0 Å². The highest BCUT2D eigenvalue weighted by Crippen LogP contribution is 2.64. The van der Waals surface area contributed by atoms with Gasteiger partial charge in [-0.15, -0.1) is 0 Å². The number of aliphatic carboxylic acids is 1. The lowest BCUT2D eigenvalue weighted by Crippen LogP contribution is -2.59. The van der Waals surface area contributed by atoms with Gasteiger partial charge in [-0.3, -0.25) is 9.59 Å². The van der Waals surface area contributed by atoms with E-state index in [-0.39, 0.29) is 5.78 Å². The quantitative estimate of drug-likeness (QED) is 0.816. The Bertz CT molecular complexity index is 389. The summed E-state index contributed by atoms with van der Waals surface area (Å²) in [6.07, 6.45) is 6.97. The number of rotatable bonds is 2. The third-order valence-corrected chi connectivity index (χ3v) is 6.32. The van der Waals surface area contributed by atoms with Gasteiger partial charge in [0.05, 0.1) is 5.41 Å². The molecular weight excluding hydrogens is 228 g/mol. The summed E-state index contributed by atoms with van der Waals surface area (Å²) in [5.41, 5.74) is -0.667. The second kappa shape index (κ2) is 3.37. The molecule has 0 radical (unpaired) electrons. The summed E-state index contributed by atoms with van der Waals surface area (Å²) in [4.78, 5) is 23.1. The van der Waals surface area contributed by atoms with Gasteiger partial charge in [0.15, 0.2) is 0 Å². The predicted molar refractivity (Wildman–Crippen MR) is 64.8 cm³/mol. The smallest absolute Gasteiger partial charge is 0.310 e. The molecule has 18 heavy (non-hydrogen) atoms. The topological polar surface area (TPSA) is 54.4 Å². The first kappa shape index (κ1) is 11.0. The average Bonchev–Trinajstić information content (AvgIpc) is 2.23. The van der Waals surface area contributed by atoms with Gasteiger partial charge in [0.1, 0.15) is 5.78 Å². The van der Waals surface area contributed by atoms with E-state index in [9.17, 15) is 14.7 Å². The molecular formula is C15H20O3. The molecule has 4 bridgehead atoms. The van der Waals surface area contributed by atoms with Crippen LogP contribution in [0, 0.1) is 35.0 Å². The largest absolute Gasteiger partial charge is 0.481 e. The minimum atomic E-state index is -0.695. The van der Waals surface area contributed by atoms with Crippen LogP contribution >= 0.6 is 0 Å². The molecule has 5 fully saturated rings. The van der Waals surface area contributed by atoms with Gasteiger partial charge in [0.2, 0.25) is 0 Å². The van der Waals surface area contributed by atoms with Crippen LogP contribution < -0.4 is 0 Å². The van der Waals surface area contributed by atoms with Gasteiger partial charge in [0, 0.05) is 12.8 Å². The van der Waals surface area contributed by atoms with Crippen molar-refractivity contribution in [2.75, 3.05) is 0 Å². The van der Waals surface area contributed by atoms with Crippen molar-refractivity contribution in [2.45, 2.75) is 44.9 Å². The van der Waals surface area contributed by atoms with Crippen molar-refractivity contribution >= 4 is 11.8 Å². The van der Waals surface area contributed by atoms with Crippen LogP contribution in [0.5, 0.6) is 0 Å². The summed E-state index contributed by atoms with van der Waals surface area (Å²) in [6.45, 7) is 0. The molecule has 0 atom stereocenters. The Labute approximate surface area is 107 Å². The molecule has 0 heterocycles. The SMILES string of the molecule is O=C1CC(C(=O)O)(C2C3CC4CC(C3)CC2C4)C1. The second-order valence-corrected chi connectivity index (χ2v) is 7.31. The average molecular weight is 248 g/mol. The highest BCUT2D eigenvalue weighted by atomic mass is 16.4. The Balaban J connectivity index is 1.68. The van der Waals surface area contributed by atoms with E-state index < -0.39 is 11.4 Å². The number of carbonyl (C=O) groups is 2. The van der Waals surface area contributed by atoms with Gasteiger partial charge in [-0.25, -0.2) is 0 Å². The Morgan fingerprint density at radius 1 is 1.00 bits per heavy atom. The van der Waals surface area contributed by atoms with E-state index in [2.05, 4.69) is 0 Å². The molecule has 5 aliphatic carbocycles. The van der Waals surface area contributed by atoms with Crippen molar-refractivity contribution in [2.24, 2.45) is 35.0 Å². The number of carboxylic acids is 1. The summed E-state index contributed by atoms with van der Waals surface area (Å²) in [7, 11) is 0. The molecule has 1 N–H and O–H groups in total. The van der Waals surface area contributed by atoms with E-state index in [0.717, 1.165) is 11.8 Å². The van der Waals surface area contributed by atoms with E-state index in [1.807, 2.05) is 0 Å². The van der Waals surface area contributed by atoms with Gasteiger partial charge < -0.3 is 5.11 Å². The van der Waals surface area contributed by atoms with Crippen LogP contribution in [0.4, 0.5) is 0 Å². The van der Waals surface area contributed by atoms with Gasteiger partial charge in [-0.05, 0) is 61.7 Å². The zero-order valence-corrected chi connectivity index (χ0v) is 10.6. The maximum absolute atomic E-state index is 11.7. The number of hydrogen-bond acceptors (Lipinski definition) is 2. The monoisotopic (exact) mass is 248 g/mol. The van der Waals surface area contributed by atoms with Gasteiger partial charge in [0.25, 0.3) is 0 Å². The van der Waals surface area contributed by atoms with Gasteiger partial charge in [-0.2, -0.15) is 0 Å². The summed E-state index contributed by atoms with van der Waals surface area (Å²) in [6, 6.07) is 0. The maximum atomic E-state index is 11.7. The lowest BCUT2D eigenvalue weighted by molar-refractivity contribution is -0.182. The molecule has 3 heteroatoms. The van der Waals surface area contributed by atoms with Gasteiger partial charge >= 0.3 is 5.97 Å². The molecule has 98 valence electrons. The minimum absolute atomic E-state index is 0.159. The van der Waals surface area contributed by atoms with Crippen molar-refractivity contribution in [3.63, 3.8) is 0 Å².